The van der Waals surface area contributed by atoms with Gasteiger partial charge in [-0.2, -0.15) is 0 Å². The number of carbonyl (C=O) groups excluding carboxylic acids is 1. The van der Waals surface area contributed by atoms with Crippen molar-refractivity contribution in [2.75, 3.05) is 26.0 Å². The van der Waals surface area contributed by atoms with E-state index in [2.05, 4.69) is 0 Å². The number of rotatable bonds is 9. The first-order valence-corrected chi connectivity index (χ1v) is 7.48. The summed E-state index contributed by atoms with van der Waals surface area (Å²) in [6, 6.07) is 0. The molecule has 100 valence electrons. The zero-order valence-electron chi connectivity index (χ0n) is 10.7. The molecule has 0 saturated heterocycles. The van der Waals surface area contributed by atoms with Crippen molar-refractivity contribution in [3.8, 4) is 0 Å². The molecule has 0 N–H and O–H groups in total. The molecule has 0 aliphatic carbocycles. The fourth-order valence-electron chi connectivity index (χ4n) is 1.04. The van der Waals surface area contributed by atoms with Gasteiger partial charge in [-0.3, -0.25) is 4.57 Å². The van der Waals surface area contributed by atoms with Gasteiger partial charge in [-0.1, -0.05) is 13.0 Å². The number of ether oxygens (including phenoxy) is 1. The minimum Gasteiger partial charge on any atom is -0.462 e. The van der Waals surface area contributed by atoms with E-state index in [1.54, 1.807) is 26.8 Å². The molecule has 5 nitrogen and oxygen atoms in total. The smallest absolute Gasteiger partial charge is 0.330 e. The number of esters is 1. The highest BCUT2D eigenvalue weighted by Crippen LogP contribution is 2.47. The normalized spacial score (nSPS) is 14.8. The van der Waals surface area contributed by atoms with Gasteiger partial charge in [0, 0.05) is 18.7 Å². The highest BCUT2D eigenvalue weighted by molar-refractivity contribution is 7.53. The third-order valence-corrected chi connectivity index (χ3v) is 3.84. The van der Waals surface area contributed by atoms with Crippen LogP contribution in [0, 0.1) is 0 Å². The Morgan fingerprint density at radius 2 is 1.94 bits per heavy atom. The first kappa shape index (κ1) is 16.4. The summed E-state index contributed by atoms with van der Waals surface area (Å²) in [4.78, 5) is 10.9. The lowest BCUT2D eigenvalue weighted by atomic mass is 10.5. The average Bonchev–Trinajstić information content (AvgIpc) is 2.29. The Morgan fingerprint density at radius 1 is 1.24 bits per heavy atom. The molecule has 0 amide bonds. The van der Waals surface area contributed by atoms with Crippen molar-refractivity contribution in [2.45, 2.75) is 27.2 Å². The molecule has 0 spiro atoms. The Labute approximate surface area is 103 Å². The van der Waals surface area contributed by atoms with E-state index in [4.69, 9.17) is 13.8 Å². The van der Waals surface area contributed by atoms with E-state index in [0.29, 0.717) is 19.2 Å². The van der Waals surface area contributed by atoms with Gasteiger partial charge in [-0.15, -0.1) is 0 Å². The minimum absolute atomic E-state index is 0.249. The Hall–Kier alpha value is -0.640. The molecule has 0 aromatic heterocycles. The summed E-state index contributed by atoms with van der Waals surface area (Å²) in [6.45, 7) is 6.13. The Balaban J connectivity index is 3.69. The summed E-state index contributed by atoms with van der Waals surface area (Å²) in [5.41, 5.74) is 0. The third kappa shape index (κ3) is 8.13. The highest BCUT2D eigenvalue weighted by atomic mass is 31.2. The van der Waals surface area contributed by atoms with Crippen LogP contribution in [0.3, 0.4) is 0 Å². The molecule has 0 rings (SSSR count). The molecule has 0 saturated carbocycles. The van der Waals surface area contributed by atoms with Gasteiger partial charge < -0.3 is 13.8 Å². The van der Waals surface area contributed by atoms with Gasteiger partial charge in [-0.25, -0.2) is 4.79 Å². The molecule has 17 heavy (non-hydrogen) atoms. The lowest BCUT2D eigenvalue weighted by molar-refractivity contribution is -0.137. The van der Waals surface area contributed by atoms with Crippen LogP contribution in [0.4, 0.5) is 0 Å². The van der Waals surface area contributed by atoms with Crippen LogP contribution in [0.1, 0.15) is 27.2 Å². The maximum Gasteiger partial charge on any atom is 0.330 e. The van der Waals surface area contributed by atoms with E-state index in [9.17, 15) is 9.36 Å². The van der Waals surface area contributed by atoms with Crippen molar-refractivity contribution >= 4 is 13.6 Å². The molecule has 0 aromatic carbocycles. The lowest BCUT2D eigenvalue weighted by Crippen LogP contribution is -2.06. The zero-order valence-corrected chi connectivity index (χ0v) is 11.6. The van der Waals surface area contributed by atoms with E-state index < -0.39 is 7.60 Å². The van der Waals surface area contributed by atoms with E-state index in [1.165, 1.54) is 6.08 Å². The van der Waals surface area contributed by atoms with Crippen LogP contribution < -0.4 is 0 Å². The van der Waals surface area contributed by atoms with Crippen LogP contribution in [0.15, 0.2) is 12.2 Å². The first-order valence-electron chi connectivity index (χ1n) is 5.75. The van der Waals surface area contributed by atoms with Crippen LogP contribution in [0.25, 0.3) is 0 Å². The van der Waals surface area contributed by atoms with E-state index in [0.717, 1.165) is 0 Å². The molecule has 0 bridgehead atoms. The predicted octanol–water partition coefficient (Wildman–Crippen LogP) is 2.76. The summed E-state index contributed by atoms with van der Waals surface area (Å²) in [5.74, 6) is -0.379. The van der Waals surface area contributed by atoms with Gasteiger partial charge in [-0.05, 0) is 13.8 Å². The fourth-order valence-corrected chi connectivity index (χ4v) is 2.28. The predicted molar refractivity (Wildman–Crippen MR) is 66.1 cm³/mol. The zero-order chi connectivity index (χ0) is 13.1. The van der Waals surface area contributed by atoms with Crippen LogP contribution in [0.5, 0.6) is 0 Å². The summed E-state index contributed by atoms with van der Waals surface area (Å²) >= 11 is 0. The summed E-state index contributed by atoms with van der Waals surface area (Å²) in [6.07, 6.45) is 3.80. The van der Waals surface area contributed by atoms with Crippen molar-refractivity contribution in [2.24, 2.45) is 0 Å². The second-order valence-electron chi connectivity index (χ2n) is 3.20. The maximum absolute atomic E-state index is 11.8. The van der Waals surface area contributed by atoms with Crippen LogP contribution in [-0.2, 0) is 23.1 Å². The lowest BCUT2D eigenvalue weighted by Gasteiger charge is -2.15. The number of hydrogen-bond acceptors (Lipinski definition) is 5. The van der Waals surface area contributed by atoms with Crippen molar-refractivity contribution in [1.29, 1.82) is 0 Å². The van der Waals surface area contributed by atoms with Crippen molar-refractivity contribution in [1.82, 2.24) is 0 Å². The molecule has 0 heterocycles. The van der Waals surface area contributed by atoms with Gasteiger partial charge in [0.1, 0.15) is 0 Å². The second-order valence-corrected chi connectivity index (χ2v) is 5.57. The second kappa shape index (κ2) is 9.40. The first-order chi connectivity index (χ1) is 8.08. The van der Waals surface area contributed by atoms with Gasteiger partial charge in [0.15, 0.2) is 0 Å². The van der Waals surface area contributed by atoms with Gasteiger partial charge in [0.05, 0.1) is 19.8 Å². The molecule has 0 aromatic rings. The van der Waals surface area contributed by atoms with Crippen LogP contribution in [0.2, 0.25) is 0 Å². The summed E-state index contributed by atoms with van der Waals surface area (Å²) in [5, 5.41) is 0. The SMILES string of the molecule is CC=CC(=O)OCCCOP(=O)(CC)OCC. The largest absolute Gasteiger partial charge is 0.462 e. The quantitative estimate of drug-likeness (QED) is 0.277. The highest BCUT2D eigenvalue weighted by Gasteiger charge is 2.20. The average molecular weight is 264 g/mol. The van der Waals surface area contributed by atoms with Gasteiger partial charge in [0.25, 0.3) is 0 Å². The Morgan fingerprint density at radius 3 is 2.47 bits per heavy atom. The van der Waals surface area contributed by atoms with Gasteiger partial charge in [0.2, 0.25) is 0 Å². The third-order valence-electron chi connectivity index (χ3n) is 1.84. The van der Waals surface area contributed by atoms with E-state index >= 15 is 0 Å². The molecular formula is C11H21O5P. The Bertz CT molecular complexity index is 288. The Kier molecular flexibility index (Phi) is 9.04. The van der Waals surface area contributed by atoms with Crippen molar-refractivity contribution in [3.05, 3.63) is 12.2 Å². The molecule has 6 heteroatoms. The monoisotopic (exact) mass is 264 g/mol. The van der Waals surface area contributed by atoms with Gasteiger partial charge >= 0.3 is 13.6 Å². The molecule has 0 radical (unpaired) electrons. The maximum atomic E-state index is 11.8. The molecule has 0 aliphatic heterocycles. The molecule has 0 aliphatic rings. The summed E-state index contributed by atoms with van der Waals surface area (Å²) in [7, 11) is -2.93. The van der Waals surface area contributed by atoms with Crippen LogP contribution in [-0.4, -0.2) is 32.0 Å². The van der Waals surface area contributed by atoms with E-state index in [1.807, 2.05) is 0 Å². The number of hydrogen-bond donors (Lipinski definition) is 0. The fraction of sp³-hybridized carbons (Fsp3) is 0.727. The molecule has 0 fully saturated rings. The molecule has 1 unspecified atom stereocenters. The standard InChI is InChI=1S/C11H21O5P/c1-4-8-11(12)14-9-7-10-16-17(13,6-3)15-5-2/h4,8H,5-7,9-10H2,1-3H3. The summed E-state index contributed by atoms with van der Waals surface area (Å²) < 4.78 is 26.9. The molecule has 1 atom stereocenters. The topological polar surface area (TPSA) is 61.8 Å². The van der Waals surface area contributed by atoms with Crippen LogP contribution >= 0.6 is 7.60 Å². The van der Waals surface area contributed by atoms with Crippen molar-refractivity contribution in [3.63, 3.8) is 0 Å². The number of carbonyl (C=O) groups is 1. The van der Waals surface area contributed by atoms with E-state index in [-0.39, 0.29) is 19.2 Å². The number of allylic oxidation sites excluding steroid dienone is 1. The molecular weight excluding hydrogens is 243 g/mol. The minimum atomic E-state index is -2.93. The van der Waals surface area contributed by atoms with Crippen molar-refractivity contribution < 1.29 is 23.1 Å².